The molecule has 0 unspecified atom stereocenters. The van der Waals surface area contributed by atoms with Gasteiger partial charge in [-0.1, -0.05) is 25.4 Å². The molecule has 0 bridgehead atoms. The molecule has 6 nitrogen and oxygen atoms in total. The second-order valence-corrected chi connectivity index (χ2v) is 5.50. The van der Waals surface area contributed by atoms with Crippen molar-refractivity contribution in [3.8, 4) is 0 Å². The quantitative estimate of drug-likeness (QED) is 0.202. The molecular weight excluding hydrogens is 246 g/mol. The van der Waals surface area contributed by atoms with E-state index in [0.29, 0.717) is 31.9 Å². The monoisotopic (exact) mass is 271 g/mol. The van der Waals surface area contributed by atoms with Gasteiger partial charge in [-0.25, -0.2) is 0 Å². The molecule has 0 saturated heterocycles. The van der Waals surface area contributed by atoms with Crippen molar-refractivity contribution in [3.63, 3.8) is 0 Å². The Morgan fingerprint density at radius 3 is 2.68 bits per heavy atom. The van der Waals surface area contributed by atoms with Crippen LogP contribution in [-0.2, 0) is 9.53 Å². The standard InChI is InChI=1S/C13H25N3O3/c1-10(2)9-19-8-4-7-15-12(17)13(5-3-6-13)11(14)16-18/h10,18H,3-9H2,1-2H3,(H2,14,16)(H,15,17). The number of amidine groups is 1. The fourth-order valence-electron chi connectivity index (χ4n) is 2.09. The van der Waals surface area contributed by atoms with Crippen LogP contribution < -0.4 is 11.1 Å². The Morgan fingerprint density at radius 1 is 1.53 bits per heavy atom. The number of amides is 1. The number of carbonyl (C=O) groups is 1. The Bertz CT molecular complexity index is 325. The number of nitrogens with two attached hydrogens (primary N) is 1. The molecule has 0 radical (unpaired) electrons. The van der Waals surface area contributed by atoms with E-state index in [-0.39, 0.29) is 11.7 Å². The molecule has 0 aromatic heterocycles. The van der Waals surface area contributed by atoms with Crippen LogP contribution in [0.25, 0.3) is 0 Å². The summed E-state index contributed by atoms with van der Waals surface area (Å²) in [6.07, 6.45) is 3.00. The number of carbonyl (C=O) groups excluding carboxylic acids is 1. The number of ether oxygens (including phenoxy) is 1. The predicted molar refractivity (Wildman–Crippen MR) is 73.0 cm³/mol. The van der Waals surface area contributed by atoms with Gasteiger partial charge in [-0.3, -0.25) is 4.79 Å². The third-order valence-electron chi connectivity index (χ3n) is 3.44. The smallest absolute Gasteiger partial charge is 0.233 e. The largest absolute Gasteiger partial charge is 0.409 e. The molecule has 1 saturated carbocycles. The summed E-state index contributed by atoms with van der Waals surface area (Å²) in [5.74, 6) is 0.401. The van der Waals surface area contributed by atoms with Crippen LogP contribution >= 0.6 is 0 Å². The third kappa shape index (κ3) is 4.09. The first kappa shape index (κ1) is 15.8. The number of nitrogens with one attached hydrogen (secondary N) is 1. The molecule has 0 aromatic carbocycles. The predicted octanol–water partition coefficient (Wildman–Crippen LogP) is 1.08. The van der Waals surface area contributed by atoms with Crippen LogP contribution in [0.4, 0.5) is 0 Å². The molecule has 0 spiro atoms. The first-order valence-corrected chi connectivity index (χ1v) is 6.87. The molecule has 0 atom stereocenters. The van der Waals surface area contributed by atoms with Gasteiger partial charge in [0.25, 0.3) is 0 Å². The average molecular weight is 271 g/mol. The van der Waals surface area contributed by atoms with Crippen LogP contribution in [-0.4, -0.2) is 36.7 Å². The van der Waals surface area contributed by atoms with Crippen molar-refractivity contribution in [1.82, 2.24) is 5.32 Å². The van der Waals surface area contributed by atoms with Gasteiger partial charge in [0.05, 0.1) is 0 Å². The van der Waals surface area contributed by atoms with E-state index in [1.54, 1.807) is 0 Å². The minimum absolute atomic E-state index is 0.0207. The van der Waals surface area contributed by atoms with E-state index in [2.05, 4.69) is 24.3 Å². The fourth-order valence-corrected chi connectivity index (χ4v) is 2.09. The molecule has 0 aliphatic heterocycles. The topological polar surface area (TPSA) is 96.9 Å². The Balaban J connectivity index is 2.24. The molecule has 0 aromatic rings. The van der Waals surface area contributed by atoms with Crippen LogP contribution in [0.1, 0.15) is 39.5 Å². The Morgan fingerprint density at radius 2 is 2.21 bits per heavy atom. The van der Waals surface area contributed by atoms with Gasteiger partial charge in [0, 0.05) is 19.8 Å². The lowest BCUT2D eigenvalue weighted by Gasteiger charge is -2.38. The highest BCUT2D eigenvalue weighted by Gasteiger charge is 2.48. The maximum atomic E-state index is 12.1. The van der Waals surface area contributed by atoms with E-state index in [4.69, 9.17) is 15.7 Å². The number of hydrogen-bond acceptors (Lipinski definition) is 4. The van der Waals surface area contributed by atoms with E-state index >= 15 is 0 Å². The maximum absolute atomic E-state index is 12.1. The average Bonchev–Trinajstić information content (AvgIpc) is 2.31. The minimum Gasteiger partial charge on any atom is -0.409 e. The van der Waals surface area contributed by atoms with Crippen molar-refractivity contribution in [1.29, 1.82) is 0 Å². The van der Waals surface area contributed by atoms with E-state index < -0.39 is 5.41 Å². The molecule has 1 fully saturated rings. The van der Waals surface area contributed by atoms with Gasteiger partial charge < -0.3 is 21.0 Å². The second-order valence-electron chi connectivity index (χ2n) is 5.50. The van der Waals surface area contributed by atoms with Gasteiger partial charge in [0.1, 0.15) is 5.41 Å². The SMILES string of the molecule is CC(C)COCCCNC(=O)C1(C(N)=NO)CCC1. The number of hydrogen-bond donors (Lipinski definition) is 3. The Labute approximate surface area is 114 Å². The molecule has 1 rings (SSSR count). The summed E-state index contributed by atoms with van der Waals surface area (Å²) in [6.45, 7) is 6.12. The zero-order chi connectivity index (χ0) is 14.3. The second kappa shape index (κ2) is 7.33. The summed E-state index contributed by atoms with van der Waals surface area (Å²) >= 11 is 0. The Kier molecular flexibility index (Phi) is 6.08. The summed E-state index contributed by atoms with van der Waals surface area (Å²) in [5, 5.41) is 14.6. The molecule has 1 aliphatic rings. The van der Waals surface area contributed by atoms with Crippen LogP contribution in [0.5, 0.6) is 0 Å². The molecule has 1 amide bonds. The van der Waals surface area contributed by atoms with Gasteiger partial charge in [-0.05, 0) is 25.2 Å². The van der Waals surface area contributed by atoms with Crippen molar-refractivity contribution in [2.45, 2.75) is 39.5 Å². The van der Waals surface area contributed by atoms with Gasteiger partial charge in [-0.2, -0.15) is 0 Å². The van der Waals surface area contributed by atoms with Crippen molar-refractivity contribution in [2.75, 3.05) is 19.8 Å². The molecule has 6 heteroatoms. The van der Waals surface area contributed by atoms with E-state index in [1.165, 1.54) is 0 Å². The summed E-state index contributed by atoms with van der Waals surface area (Å²) in [4.78, 5) is 12.1. The number of nitrogens with zero attached hydrogens (tertiary/aromatic N) is 1. The summed E-state index contributed by atoms with van der Waals surface area (Å²) in [5.41, 5.74) is 4.83. The van der Waals surface area contributed by atoms with Gasteiger partial charge >= 0.3 is 0 Å². The first-order chi connectivity index (χ1) is 9.03. The van der Waals surface area contributed by atoms with E-state index in [1.807, 2.05) is 0 Å². The van der Waals surface area contributed by atoms with Gasteiger partial charge in [-0.15, -0.1) is 0 Å². The Hall–Kier alpha value is -1.30. The van der Waals surface area contributed by atoms with Crippen molar-refractivity contribution in [3.05, 3.63) is 0 Å². The molecular formula is C13H25N3O3. The minimum atomic E-state index is -0.784. The highest BCUT2D eigenvalue weighted by molar-refractivity contribution is 6.07. The van der Waals surface area contributed by atoms with Crippen LogP contribution in [0.15, 0.2) is 5.16 Å². The van der Waals surface area contributed by atoms with Gasteiger partial charge in [0.2, 0.25) is 5.91 Å². The maximum Gasteiger partial charge on any atom is 0.233 e. The number of oxime groups is 1. The molecule has 110 valence electrons. The zero-order valence-electron chi connectivity index (χ0n) is 11.8. The molecule has 4 N–H and O–H groups in total. The first-order valence-electron chi connectivity index (χ1n) is 6.87. The normalized spacial score (nSPS) is 18.2. The molecule has 0 heterocycles. The zero-order valence-corrected chi connectivity index (χ0v) is 11.8. The molecule has 1 aliphatic carbocycles. The lowest BCUT2D eigenvalue weighted by molar-refractivity contribution is -0.131. The van der Waals surface area contributed by atoms with E-state index in [9.17, 15) is 4.79 Å². The van der Waals surface area contributed by atoms with Crippen LogP contribution in [0.2, 0.25) is 0 Å². The fraction of sp³-hybridized carbons (Fsp3) is 0.846. The lowest BCUT2D eigenvalue weighted by atomic mass is 9.67. The van der Waals surface area contributed by atoms with Crippen LogP contribution in [0.3, 0.4) is 0 Å². The van der Waals surface area contributed by atoms with Crippen molar-refractivity contribution in [2.24, 2.45) is 22.2 Å². The van der Waals surface area contributed by atoms with Crippen molar-refractivity contribution < 1.29 is 14.7 Å². The highest BCUT2D eigenvalue weighted by atomic mass is 16.5. The number of rotatable bonds is 8. The van der Waals surface area contributed by atoms with Crippen LogP contribution in [0, 0.1) is 11.3 Å². The third-order valence-corrected chi connectivity index (χ3v) is 3.44. The molecule has 19 heavy (non-hydrogen) atoms. The van der Waals surface area contributed by atoms with Gasteiger partial charge in [0.15, 0.2) is 5.84 Å². The van der Waals surface area contributed by atoms with E-state index in [0.717, 1.165) is 19.4 Å². The summed E-state index contributed by atoms with van der Waals surface area (Å²) < 4.78 is 5.43. The summed E-state index contributed by atoms with van der Waals surface area (Å²) in [7, 11) is 0. The van der Waals surface area contributed by atoms with Crippen molar-refractivity contribution >= 4 is 11.7 Å². The lowest BCUT2D eigenvalue weighted by Crippen LogP contribution is -2.54. The summed E-state index contributed by atoms with van der Waals surface area (Å²) in [6, 6.07) is 0. The highest BCUT2D eigenvalue weighted by Crippen LogP contribution is 2.41.